The fraction of sp³-hybridized carbons (Fsp3) is 0.562. The number of rotatable bonds is 7. The molecular weight excluding hydrogens is 350 g/mol. The number of carbonyl (C=O) groups is 1. The van der Waals surface area contributed by atoms with Crippen LogP contribution in [0.4, 0.5) is 0 Å². The lowest BCUT2D eigenvalue weighted by Crippen LogP contribution is -2.39. The molecule has 24 heavy (non-hydrogen) atoms. The summed E-state index contributed by atoms with van der Waals surface area (Å²) in [4.78, 5) is 12.3. The smallest absolute Gasteiger partial charge is 0.240 e. The number of amides is 1. The van der Waals surface area contributed by atoms with Gasteiger partial charge in [0.1, 0.15) is 0 Å². The summed E-state index contributed by atoms with van der Waals surface area (Å²) in [7, 11) is -2.03. The molecule has 2 atom stereocenters. The number of halogens is 1. The fourth-order valence-electron chi connectivity index (χ4n) is 3.00. The van der Waals surface area contributed by atoms with Crippen LogP contribution in [0.15, 0.2) is 29.2 Å². The van der Waals surface area contributed by atoms with Crippen molar-refractivity contribution in [2.75, 3.05) is 13.6 Å². The Kier molecular flexibility index (Phi) is 8.15. The van der Waals surface area contributed by atoms with Crippen LogP contribution in [0.3, 0.4) is 0 Å². The van der Waals surface area contributed by atoms with Gasteiger partial charge in [0.2, 0.25) is 15.9 Å². The fourth-order valence-corrected chi connectivity index (χ4v) is 3.73. The molecule has 0 aromatic heterocycles. The van der Waals surface area contributed by atoms with Crippen molar-refractivity contribution in [1.29, 1.82) is 0 Å². The van der Waals surface area contributed by atoms with Crippen molar-refractivity contribution >= 4 is 28.3 Å². The van der Waals surface area contributed by atoms with E-state index in [1.165, 1.54) is 7.05 Å². The van der Waals surface area contributed by atoms with E-state index in [2.05, 4.69) is 10.0 Å². The van der Waals surface area contributed by atoms with Crippen LogP contribution in [0.5, 0.6) is 0 Å². The number of hydrogen-bond donors (Lipinski definition) is 3. The van der Waals surface area contributed by atoms with E-state index in [1.807, 2.05) is 0 Å². The Bertz CT molecular complexity index is 634. The van der Waals surface area contributed by atoms with E-state index < -0.39 is 10.0 Å². The zero-order chi connectivity index (χ0) is 16.9. The number of benzene rings is 1. The summed E-state index contributed by atoms with van der Waals surface area (Å²) in [6.07, 6.45) is 4.19. The van der Waals surface area contributed by atoms with Crippen LogP contribution in [0.1, 0.15) is 31.2 Å². The van der Waals surface area contributed by atoms with Crippen molar-refractivity contribution in [3.63, 3.8) is 0 Å². The van der Waals surface area contributed by atoms with Crippen molar-refractivity contribution in [2.24, 2.45) is 11.7 Å². The topological polar surface area (TPSA) is 101 Å². The van der Waals surface area contributed by atoms with Gasteiger partial charge in [-0.3, -0.25) is 4.79 Å². The monoisotopic (exact) mass is 375 g/mol. The number of aryl methyl sites for hydroxylation is 1. The SMILES string of the molecule is CNS(=O)(=O)c1ccc(CCC(=O)NC2CCCC2CN)cc1.Cl. The second-order valence-electron chi connectivity index (χ2n) is 5.95. The molecule has 1 aliphatic rings. The summed E-state index contributed by atoms with van der Waals surface area (Å²) in [5.74, 6) is 0.423. The van der Waals surface area contributed by atoms with E-state index in [9.17, 15) is 13.2 Å². The summed E-state index contributed by atoms with van der Waals surface area (Å²) >= 11 is 0. The van der Waals surface area contributed by atoms with Gasteiger partial charge in [-0.05, 0) is 56.5 Å². The van der Waals surface area contributed by atoms with E-state index in [1.54, 1.807) is 24.3 Å². The quantitative estimate of drug-likeness (QED) is 0.666. The van der Waals surface area contributed by atoms with Crippen molar-refractivity contribution in [1.82, 2.24) is 10.0 Å². The predicted molar refractivity (Wildman–Crippen MR) is 96.6 cm³/mol. The summed E-state index contributed by atoms with van der Waals surface area (Å²) in [6, 6.07) is 6.81. The van der Waals surface area contributed by atoms with Gasteiger partial charge in [0.25, 0.3) is 0 Å². The Labute approximate surface area is 150 Å². The third-order valence-electron chi connectivity index (χ3n) is 4.45. The zero-order valence-electron chi connectivity index (χ0n) is 13.8. The molecule has 136 valence electrons. The van der Waals surface area contributed by atoms with Gasteiger partial charge in [-0.2, -0.15) is 0 Å². The van der Waals surface area contributed by atoms with E-state index in [4.69, 9.17) is 5.73 Å². The number of nitrogens with one attached hydrogen (secondary N) is 2. The number of nitrogens with two attached hydrogens (primary N) is 1. The highest BCUT2D eigenvalue weighted by molar-refractivity contribution is 7.89. The molecule has 1 aromatic carbocycles. The van der Waals surface area contributed by atoms with E-state index in [0.29, 0.717) is 25.3 Å². The minimum absolute atomic E-state index is 0. The lowest BCUT2D eigenvalue weighted by atomic mass is 10.0. The molecule has 2 unspecified atom stereocenters. The Morgan fingerprint density at radius 2 is 1.92 bits per heavy atom. The molecule has 1 amide bonds. The molecule has 0 radical (unpaired) electrons. The van der Waals surface area contributed by atoms with Gasteiger partial charge >= 0.3 is 0 Å². The third kappa shape index (κ3) is 5.44. The third-order valence-corrected chi connectivity index (χ3v) is 5.88. The van der Waals surface area contributed by atoms with Crippen LogP contribution < -0.4 is 15.8 Å². The highest BCUT2D eigenvalue weighted by Crippen LogP contribution is 2.24. The molecule has 0 spiro atoms. The normalized spacial score (nSPS) is 20.4. The summed E-state index contributed by atoms with van der Waals surface area (Å²) in [5.41, 5.74) is 6.66. The summed E-state index contributed by atoms with van der Waals surface area (Å²) < 4.78 is 25.6. The largest absolute Gasteiger partial charge is 0.353 e. The van der Waals surface area contributed by atoms with E-state index in [-0.39, 0.29) is 29.3 Å². The first-order valence-electron chi connectivity index (χ1n) is 7.98. The van der Waals surface area contributed by atoms with Gasteiger partial charge in [0, 0.05) is 12.5 Å². The molecule has 6 nitrogen and oxygen atoms in total. The van der Waals surface area contributed by atoms with Crippen LogP contribution >= 0.6 is 12.4 Å². The predicted octanol–water partition coefficient (Wildman–Crippen LogP) is 1.19. The van der Waals surface area contributed by atoms with Gasteiger partial charge in [-0.15, -0.1) is 12.4 Å². The molecule has 0 saturated heterocycles. The van der Waals surface area contributed by atoms with Crippen LogP contribution in [0, 0.1) is 5.92 Å². The molecule has 1 saturated carbocycles. The van der Waals surface area contributed by atoms with Crippen LogP contribution in [0.2, 0.25) is 0 Å². The molecular formula is C16H26ClN3O3S. The molecule has 1 fully saturated rings. The molecule has 0 bridgehead atoms. The zero-order valence-corrected chi connectivity index (χ0v) is 15.5. The summed E-state index contributed by atoms with van der Waals surface area (Å²) in [5, 5.41) is 3.07. The molecule has 0 aliphatic heterocycles. The highest BCUT2D eigenvalue weighted by atomic mass is 35.5. The van der Waals surface area contributed by atoms with Crippen molar-refractivity contribution < 1.29 is 13.2 Å². The second kappa shape index (κ2) is 9.36. The second-order valence-corrected chi connectivity index (χ2v) is 7.84. The van der Waals surface area contributed by atoms with Gasteiger partial charge in [0.15, 0.2) is 0 Å². The van der Waals surface area contributed by atoms with E-state index in [0.717, 1.165) is 24.8 Å². The van der Waals surface area contributed by atoms with Crippen molar-refractivity contribution in [3.05, 3.63) is 29.8 Å². The first-order chi connectivity index (χ1) is 11.0. The maximum Gasteiger partial charge on any atom is 0.240 e. The van der Waals surface area contributed by atoms with Gasteiger partial charge < -0.3 is 11.1 Å². The number of hydrogen-bond acceptors (Lipinski definition) is 4. The van der Waals surface area contributed by atoms with Crippen LogP contribution in [-0.2, 0) is 21.2 Å². The molecule has 8 heteroatoms. The Balaban J connectivity index is 0.00000288. The van der Waals surface area contributed by atoms with Crippen molar-refractivity contribution in [2.45, 2.75) is 43.0 Å². The number of carbonyl (C=O) groups excluding carboxylic acids is 1. The van der Waals surface area contributed by atoms with Crippen molar-refractivity contribution in [3.8, 4) is 0 Å². The molecule has 4 N–H and O–H groups in total. The molecule has 0 heterocycles. The van der Waals surface area contributed by atoms with Crippen LogP contribution in [0.25, 0.3) is 0 Å². The maximum atomic E-state index is 12.0. The average molecular weight is 376 g/mol. The Hall–Kier alpha value is -1.15. The van der Waals surface area contributed by atoms with Gasteiger partial charge in [0.05, 0.1) is 4.90 Å². The minimum Gasteiger partial charge on any atom is -0.353 e. The highest BCUT2D eigenvalue weighted by Gasteiger charge is 2.27. The molecule has 1 aromatic rings. The first kappa shape index (κ1) is 20.9. The maximum absolute atomic E-state index is 12.0. The van der Waals surface area contributed by atoms with Gasteiger partial charge in [-0.25, -0.2) is 13.1 Å². The van der Waals surface area contributed by atoms with E-state index >= 15 is 0 Å². The first-order valence-corrected chi connectivity index (χ1v) is 9.46. The summed E-state index contributed by atoms with van der Waals surface area (Å²) in [6.45, 7) is 0.617. The molecule has 1 aliphatic carbocycles. The Morgan fingerprint density at radius 1 is 1.25 bits per heavy atom. The van der Waals surface area contributed by atoms with Gasteiger partial charge in [-0.1, -0.05) is 18.6 Å². The average Bonchev–Trinajstić information content (AvgIpc) is 3.00. The standard InChI is InChI=1S/C16H25N3O3S.ClH/c1-18-23(21,22)14-8-5-12(6-9-14)7-10-16(20)19-15-4-2-3-13(15)11-17;/h5-6,8-9,13,15,18H,2-4,7,10-11,17H2,1H3,(H,19,20);1H. The van der Waals surface area contributed by atoms with Crippen LogP contribution in [-0.4, -0.2) is 34.0 Å². The lowest BCUT2D eigenvalue weighted by molar-refractivity contribution is -0.122. The lowest BCUT2D eigenvalue weighted by Gasteiger charge is -2.19. The number of sulfonamides is 1. The minimum atomic E-state index is -3.41. The molecule has 2 rings (SSSR count). The Morgan fingerprint density at radius 3 is 2.50 bits per heavy atom.